The number of hydrogen-bond acceptors (Lipinski definition) is 11. The van der Waals surface area contributed by atoms with Crippen LogP contribution in [0.15, 0.2) is 6.33 Å². The molecular weight excluding hydrogens is 457 g/mol. The molecule has 1 aliphatic heterocycles. The van der Waals surface area contributed by atoms with Crippen molar-refractivity contribution in [3.63, 3.8) is 0 Å². The quantitative estimate of drug-likeness (QED) is 0.0973. The van der Waals surface area contributed by atoms with Crippen molar-refractivity contribution in [3.05, 3.63) is 12.2 Å². The molecule has 0 aromatic carbocycles. The van der Waals surface area contributed by atoms with Crippen molar-refractivity contribution in [1.82, 2.24) is 19.5 Å². The minimum atomic E-state index is -4.75. The lowest BCUT2D eigenvalue weighted by molar-refractivity contribution is -0.0306. The Morgan fingerprint density at radius 1 is 1.37 bits per heavy atom. The highest BCUT2D eigenvalue weighted by Gasteiger charge is 2.47. The van der Waals surface area contributed by atoms with Crippen LogP contribution in [-0.4, -0.2) is 62.4 Å². The smallest absolute Gasteiger partial charge is 0.387 e. The molecule has 1 fully saturated rings. The van der Waals surface area contributed by atoms with Crippen molar-refractivity contribution < 1.29 is 33.3 Å². The van der Waals surface area contributed by atoms with Gasteiger partial charge < -0.3 is 30.5 Å². The normalized spacial score (nSPS) is 25.8. The number of nitrogen functional groups attached to an aromatic ring is 1. The van der Waals surface area contributed by atoms with E-state index in [4.69, 9.17) is 20.3 Å². The Hall–Kier alpha value is -0.960. The molecule has 0 amide bonds. The van der Waals surface area contributed by atoms with Crippen molar-refractivity contribution in [3.8, 4) is 0 Å². The van der Waals surface area contributed by atoms with E-state index in [1.54, 1.807) is 0 Å². The van der Waals surface area contributed by atoms with Gasteiger partial charge >= 0.3 is 7.82 Å². The van der Waals surface area contributed by atoms with Gasteiger partial charge in [-0.2, -0.15) is 12.6 Å². The summed E-state index contributed by atoms with van der Waals surface area (Å²) in [6.07, 6.45) is 0.0425. The van der Waals surface area contributed by atoms with E-state index in [0.29, 0.717) is 35.5 Å². The topological polar surface area (TPSA) is 186 Å². The highest BCUT2D eigenvalue weighted by Crippen LogP contribution is 2.45. The number of nitrogens with two attached hydrogens (primary N) is 1. The number of imidazole rings is 1. The first-order valence-electron chi connectivity index (χ1n) is 9.21. The lowest BCUT2D eigenvalue weighted by Crippen LogP contribution is -2.35. The van der Waals surface area contributed by atoms with Crippen LogP contribution in [0.2, 0.25) is 0 Å². The van der Waals surface area contributed by atoms with E-state index in [2.05, 4.69) is 38.5 Å². The highest BCUT2D eigenvalue weighted by molar-refractivity contribution is 8.09. The molecule has 30 heavy (non-hydrogen) atoms. The third-order valence-corrected chi connectivity index (χ3v) is 6.71. The molecule has 0 spiro atoms. The molecule has 0 bridgehead atoms. The maximum Gasteiger partial charge on any atom is 0.480 e. The molecule has 0 radical (unpaired) electrons. The first kappa shape index (κ1) is 23.7. The fourth-order valence-electron chi connectivity index (χ4n) is 3.12. The Kier molecular flexibility index (Phi) is 7.64. The maximum absolute atomic E-state index is 10.9. The fourth-order valence-corrected chi connectivity index (χ4v) is 4.85. The van der Waals surface area contributed by atoms with Gasteiger partial charge in [-0.3, -0.25) is 4.57 Å². The van der Waals surface area contributed by atoms with Gasteiger partial charge in [-0.1, -0.05) is 19.8 Å². The molecule has 5 atom stereocenters. The van der Waals surface area contributed by atoms with Gasteiger partial charge in [-0.15, -0.1) is 0 Å². The van der Waals surface area contributed by atoms with Gasteiger partial charge in [0, 0.05) is 18.5 Å². The molecule has 1 unspecified atom stereocenters. The molecule has 15 heteroatoms. The molecular formula is C15H24N5O7PS2. The van der Waals surface area contributed by atoms with Crippen LogP contribution in [0.3, 0.4) is 0 Å². The number of aliphatic hydroxyl groups is 2. The monoisotopic (exact) mass is 481 g/mol. The third-order valence-electron chi connectivity index (χ3n) is 4.57. The van der Waals surface area contributed by atoms with Crippen molar-refractivity contribution >= 4 is 49.5 Å². The molecule has 0 aliphatic carbocycles. The van der Waals surface area contributed by atoms with Gasteiger partial charge in [-0.05, 0) is 6.42 Å². The molecule has 0 saturated carbocycles. The number of rotatable bonds is 9. The Balaban J connectivity index is 1.83. The Morgan fingerprint density at radius 2 is 2.10 bits per heavy atom. The van der Waals surface area contributed by atoms with Crippen LogP contribution in [0.1, 0.15) is 38.2 Å². The van der Waals surface area contributed by atoms with Gasteiger partial charge in [0.15, 0.2) is 17.7 Å². The maximum atomic E-state index is 10.9. The number of thiol groups is 1. The van der Waals surface area contributed by atoms with E-state index < -0.39 is 36.9 Å². The first-order valence-corrected chi connectivity index (χ1v) is 12.1. The summed E-state index contributed by atoms with van der Waals surface area (Å²) in [5.41, 5.74) is 6.69. The molecule has 3 rings (SSSR count). The van der Waals surface area contributed by atoms with Gasteiger partial charge in [-0.25, -0.2) is 23.5 Å². The lowest BCUT2D eigenvalue weighted by Gasteiger charge is -2.20. The second-order valence-corrected chi connectivity index (χ2v) is 10.0. The van der Waals surface area contributed by atoms with Crippen molar-refractivity contribution in [2.24, 2.45) is 0 Å². The number of fused-ring (bicyclic) bond motifs is 1. The lowest BCUT2D eigenvalue weighted by atomic mass is 10.1. The highest BCUT2D eigenvalue weighted by atomic mass is 32.2. The first-order chi connectivity index (χ1) is 14.1. The van der Waals surface area contributed by atoms with Gasteiger partial charge in [0.05, 0.1) is 6.33 Å². The summed E-state index contributed by atoms with van der Waals surface area (Å²) < 4.78 is 21.4. The zero-order valence-corrected chi connectivity index (χ0v) is 18.6. The fraction of sp³-hybridized carbons (Fsp3) is 0.667. The van der Waals surface area contributed by atoms with E-state index in [9.17, 15) is 14.8 Å². The Morgan fingerprint density at radius 3 is 2.77 bits per heavy atom. The average molecular weight is 481 g/mol. The van der Waals surface area contributed by atoms with Crippen molar-refractivity contribution in [1.29, 1.82) is 0 Å². The number of anilines is 1. The largest absolute Gasteiger partial charge is 0.480 e. The van der Waals surface area contributed by atoms with Gasteiger partial charge in [0.2, 0.25) is 0 Å². The summed E-state index contributed by atoms with van der Waals surface area (Å²) in [5.74, 6) is 0.741. The number of aryl methyl sites for hydroxylation is 1. The number of aromatic nitrogens is 4. The van der Waals surface area contributed by atoms with Crippen molar-refractivity contribution in [2.45, 2.75) is 61.7 Å². The molecule has 2 aromatic rings. The van der Waals surface area contributed by atoms with E-state index in [0.717, 1.165) is 19.3 Å². The average Bonchev–Trinajstić information content (AvgIpc) is 3.22. The zero-order chi connectivity index (χ0) is 22.1. The standard InChI is InChI=1S/C15H24N5O7PS2/c1-2-3-4-5-7-18-12(16)8-13(19-7)20(6-17-8)14-10(22)9(21)11(26-14)15(29)30-27-28(23,24)25/h6,9-11,14-15,21-22,29H,2-5H2,1H3,(H2,16,18,19)(H2,23,24,25)/t9-,10+,11-,14+,15?/m0/s1. The second-order valence-electron chi connectivity index (χ2n) is 6.83. The van der Waals surface area contributed by atoms with E-state index >= 15 is 0 Å². The Labute approximate surface area is 182 Å². The summed E-state index contributed by atoms with van der Waals surface area (Å²) in [4.78, 5) is 30.6. The second kappa shape index (κ2) is 9.67. The summed E-state index contributed by atoms with van der Waals surface area (Å²) in [7, 11) is -4.75. The molecule has 2 aromatic heterocycles. The molecule has 12 nitrogen and oxygen atoms in total. The van der Waals surface area contributed by atoms with E-state index in [-0.39, 0.29) is 5.82 Å². The number of phosphoric acid groups is 1. The molecule has 6 N–H and O–H groups in total. The molecule has 168 valence electrons. The number of hydrogen-bond donors (Lipinski definition) is 6. The van der Waals surface area contributed by atoms with Crippen LogP contribution in [0.25, 0.3) is 11.2 Å². The van der Waals surface area contributed by atoms with Crippen LogP contribution >= 0.6 is 32.5 Å². The Bertz CT molecular complexity index is 928. The van der Waals surface area contributed by atoms with Crippen LogP contribution in [0.5, 0.6) is 0 Å². The third kappa shape index (κ3) is 5.26. The number of aliphatic hydroxyl groups excluding tert-OH is 2. The summed E-state index contributed by atoms with van der Waals surface area (Å²) in [5, 5.41) is 20.9. The zero-order valence-electron chi connectivity index (χ0n) is 16.0. The van der Waals surface area contributed by atoms with Crippen LogP contribution in [0.4, 0.5) is 5.82 Å². The van der Waals surface area contributed by atoms with Crippen LogP contribution in [0, 0.1) is 0 Å². The summed E-state index contributed by atoms with van der Waals surface area (Å²) in [6, 6.07) is 0. The van der Waals surface area contributed by atoms with Gasteiger partial charge in [0.1, 0.15) is 34.2 Å². The minimum Gasteiger partial charge on any atom is -0.387 e. The number of ether oxygens (including phenoxy) is 1. The minimum absolute atomic E-state index is 0.201. The predicted octanol–water partition coefficient (Wildman–Crippen LogP) is 0.774. The van der Waals surface area contributed by atoms with Gasteiger partial charge in [0.25, 0.3) is 0 Å². The number of unbranched alkanes of at least 4 members (excludes halogenated alkanes) is 2. The van der Waals surface area contributed by atoms with E-state index in [1.165, 1.54) is 10.9 Å². The summed E-state index contributed by atoms with van der Waals surface area (Å²) >= 11 is 4.50. The molecule has 1 aliphatic rings. The van der Waals surface area contributed by atoms with E-state index in [1.807, 2.05) is 0 Å². The molecule has 1 saturated heterocycles. The molecule has 3 heterocycles. The van der Waals surface area contributed by atoms with Crippen molar-refractivity contribution in [2.75, 3.05) is 5.73 Å². The van der Waals surface area contributed by atoms with Crippen LogP contribution < -0.4 is 5.73 Å². The number of nitrogens with zero attached hydrogens (tertiary/aromatic N) is 4. The van der Waals surface area contributed by atoms with Crippen LogP contribution in [-0.2, 0) is 19.7 Å². The summed E-state index contributed by atoms with van der Waals surface area (Å²) in [6.45, 7) is 2.09. The predicted molar refractivity (Wildman–Crippen MR) is 112 cm³/mol. The SMILES string of the molecule is CCCCCc1nc(N)c2ncn([C@@H]3O[C@H](C(S)SOP(=O)(O)O)[C@@H](O)[C@H]3O)c2n1.